The van der Waals surface area contributed by atoms with Crippen molar-refractivity contribution in [2.24, 2.45) is 0 Å². The number of carbonyl (C=O) groups excluding carboxylic acids is 1. The molecule has 0 bridgehead atoms. The number of ether oxygens (including phenoxy) is 1. The second-order valence-electron chi connectivity index (χ2n) is 7.22. The number of aromatic amines is 1. The molecular weight excluding hydrogens is 359 g/mol. The van der Waals surface area contributed by atoms with Crippen molar-refractivity contribution < 1.29 is 22.7 Å². The lowest BCUT2D eigenvalue weighted by Gasteiger charge is -2.47. The summed E-state index contributed by atoms with van der Waals surface area (Å²) in [5.41, 5.74) is 0.227. The molecule has 27 heavy (non-hydrogen) atoms. The van der Waals surface area contributed by atoms with Gasteiger partial charge in [-0.05, 0) is 43.9 Å². The maximum Gasteiger partial charge on any atom is 0.435 e. The molecule has 0 atom stereocenters. The monoisotopic (exact) mass is 379 g/mol. The van der Waals surface area contributed by atoms with E-state index in [1.54, 1.807) is 36.1 Å². The van der Waals surface area contributed by atoms with E-state index in [9.17, 15) is 18.0 Å². The minimum absolute atomic E-state index is 0.0172. The van der Waals surface area contributed by atoms with Gasteiger partial charge in [-0.2, -0.15) is 18.3 Å². The number of H-pyrrole nitrogens is 1. The molecule has 8 heteroatoms. The molecule has 1 N–H and O–H groups in total. The molecule has 4 rings (SSSR count). The molecule has 3 heterocycles. The second kappa shape index (κ2) is 6.37. The van der Waals surface area contributed by atoms with Crippen molar-refractivity contribution in [3.8, 4) is 11.1 Å². The Kier molecular flexibility index (Phi) is 4.25. The predicted octanol–water partition coefficient (Wildman–Crippen LogP) is 3.80. The van der Waals surface area contributed by atoms with Crippen LogP contribution in [0.3, 0.4) is 0 Å². The van der Waals surface area contributed by atoms with Gasteiger partial charge >= 0.3 is 6.18 Å². The van der Waals surface area contributed by atoms with E-state index >= 15 is 0 Å². The third kappa shape index (κ3) is 3.22. The van der Waals surface area contributed by atoms with Crippen molar-refractivity contribution in [3.05, 3.63) is 41.2 Å². The molecule has 0 radical (unpaired) electrons. The van der Waals surface area contributed by atoms with E-state index < -0.39 is 11.9 Å². The van der Waals surface area contributed by atoms with Crippen LogP contribution in [-0.2, 0) is 10.9 Å². The number of hydrogen-bond donors (Lipinski definition) is 1. The van der Waals surface area contributed by atoms with Crippen LogP contribution < -0.4 is 0 Å². The number of nitrogens with one attached hydrogen (secondary N) is 1. The van der Waals surface area contributed by atoms with E-state index in [4.69, 9.17) is 4.74 Å². The van der Waals surface area contributed by atoms with Crippen molar-refractivity contribution in [2.45, 2.75) is 38.0 Å². The molecule has 1 spiro atoms. The Labute approximate surface area is 154 Å². The summed E-state index contributed by atoms with van der Waals surface area (Å²) in [7, 11) is 0. The Morgan fingerprint density at radius 2 is 1.81 bits per heavy atom. The summed E-state index contributed by atoms with van der Waals surface area (Å²) >= 11 is 0. The highest BCUT2D eigenvalue weighted by molar-refractivity contribution is 5.95. The molecule has 1 aromatic carbocycles. The molecule has 2 fully saturated rings. The Morgan fingerprint density at radius 1 is 1.19 bits per heavy atom. The number of likely N-dealkylation sites (tertiary alicyclic amines) is 1. The Balaban J connectivity index is 1.51. The van der Waals surface area contributed by atoms with Gasteiger partial charge in [-0.25, -0.2) is 0 Å². The van der Waals surface area contributed by atoms with Gasteiger partial charge in [0.1, 0.15) is 0 Å². The summed E-state index contributed by atoms with van der Waals surface area (Å²) in [5, 5.41) is 5.78. The van der Waals surface area contributed by atoms with Crippen LogP contribution in [0.25, 0.3) is 11.1 Å². The highest BCUT2D eigenvalue weighted by atomic mass is 19.4. The van der Waals surface area contributed by atoms with Gasteiger partial charge in [0.2, 0.25) is 0 Å². The molecule has 0 unspecified atom stereocenters. The number of nitrogens with zero attached hydrogens (tertiary/aromatic N) is 2. The molecule has 5 nitrogen and oxygen atoms in total. The standard InChI is InChI=1S/C19H20F3N3O2/c1-12-15(16(24-23-12)19(20,21)22)13-2-4-14(5-3-13)17(26)25-9-6-18(7-10-25)8-11-27-18/h2-5H,6-11H2,1H3,(H,23,24). The first kappa shape index (κ1) is 18.0. The van der Waals surface area contributed by atoms with Gasteiger partial charge in [0.25, 0.3) is 5.91 Å². The normalized spacial score (nSPS) is 19.2. The zero-order valence-corrected chi connectivity index (χ0v) is 14.9. The zero-order valence-electron chi connectivity index (χ0n) is 14.9. The number of benzene rings is 1. The zero-order chi connectivity index (χ0) is 19.2. The van der Waals surface area contributed by atoms with Gasteiger partial charge in [0, 0.05) is 29.9 Å². The number of amides is 1. The van der Waals surface area contributed by atoms with E-state index in [2.05, 4.69) is 10.2 Å². The number of rotatable bonds is 2. The minimum atomic E-state index is -4.54. The Bertz CT molecular complexity index is 844. The summed E-state index contributed by atoms with van der Waals surface area (Å²) in [4.78, 5) is 14.5. The average molecular weight is 379 g/mol. The molecule has 1 amide bonds. The van der Waals surface area contributed by atoms with Crippen molar-refractivity contribution in [1.82, 2.24) is 15.1 Å². The van der Waals surface area contributed by atoms with Crippen LogP contribution in [0.5, 0.6) is 0 Å². The number of aromatic nitrogens is 2. The van der Waals surface area contributed by atoms with Crippen LogP contribution >= 0.6 is 0 Å². The molecule has 0 saturated carbocycles. The van der Waals surface area contributed by atoms with Gasteiger partial charge in [-0.1, -0.05) is 12.1 Å². The minimum Gasteiger partial charge on any atom is -0.375 e. The van der Waals surface area contributed by atoms with E-state index in [0.717, 1.165) is 25.9 Å². The molecule has 144 valence electrons. The summed E-state index contributed by atoms with van der Waals surface area (Å²) in [6, 6.07) is 6.24. The molecular formula is C19H20F3N3O2. The molecule has 1 aromatic heterocycles. The fraction of sp³-hybridized carbons (Fsp3) is 0.474. The van der Waals surface area contributed by atoms with E-state index in [1.807, 2.05) is 0 Å². The molecule has 2 aromatic rings. The fourth-order valence-corrected chi connectivity index (χ4v) is 3.85. The van der Waals surface area contributed by atoms with E-state index in [-0.39, 0.29) is 17.1 Å². The van der Waals surface area contributed by atoms with Gasteiger partial charge < -0.3 is 9.64 Å². The van der Waals surface area contributed by atoms with Gasteiger partial charge in [0.15, 0.2) is 5.69 Å². The SMILES string of the molecule is Cc1[nH]nc(C(F)(F)F)c1-c1ccc(C(=O)N2CCC3(CCO3)CC2)cc1. The van der Waals surface area contributed by atoms with Crippen molar-refractivity contribution in [1.29, 1.82) is 0 Å². The fourth-order valence-electron chi connectivity index (χ4n) is 3.85. The first-order chi connectivity index (χ1) is 12.8. The van der Waals surface area contributed by atoms with Gasteiger partial charge in [-0.3, -0.25) is 9.89 Å². The Morgan fingerprint density at radius 3 is 2.33 bits per heavy atom. The van der Waals surface area contributed by atoms with Crippen molar-refractivity contribution in [2.75, 3.05) is 19.7 Å². The smallest absolute Gasteiger partial charge is 0.375 e. The quantitative estimate of drug-likeness (QED) is 0.864. The number of carbonyl (C=O) groups is 1. The lowest BCUT2D eigenvalue weighted by atomic mass is 9.84. The number of aryl methyl sites for hydroxylation is 1. The van der Waals surface area contributed by atoms with Crippen LogP contribution in [0, 0.1) is 6.92 Å². The number of piperidine rings is 1. The van der Waals surface area contributed by atoms with Crippen molar-refractivity contribution >= 4 is 5.91 Å². The van der Waals surface area contributed by atoms with E-state index in [1.165, 1.54) is 0 Å². The van der Waals surface area contributed by atoms with Crippen LogP contribution in [-0.4, -0.2) is 46.3 Å². The maximum absolute atomic E-state index is 13.1. The van der Waals surface area contributed by atoms with Crippen LogP contribution in [0.2, 0.25) is 0 Å². The molecule has 2 saturated heterocycles. The van der Waals surface area contributed by atoms with Crippen molar-refractivity contribution in [3.63, 3.8) is 0 Å². The first-order valence-electron chi connectivity index (χ1n) is 8.95. The van der Waals surface area contributed by atoms with Crippen LogP contribution in [0.15, 0.2) is 24.3 Å². The summed E-state index contributed by atoms with van der Waals surface area (Å²) in [5.74, 6) is -0.101. The third-order valence-corrected chi connectivity index (χ3v) is 5.56. The maximum atomic E-state index is 13.1. The lowest BCUT2D eigenvalue weighted by Crippen LogP contribution is -2.53. The number of hydrogen-bond acceptors (Lipinski definition) is 3. The average Bonchev–Trinajstić information content (AvgIpc) is 3.02. The summed E-state index contributed by atoms with van der Waals surface area (Å²) in [6.45, 7) is 3.62. The van der Waals surface area contributed by atoms with Crippen LogP contribution in [0.4, 0.5) is 13.2 Å². The van der Waals surface area contributed by atoms with Gasteiger partial charge in [0.05, 0.1) is 12.2 Å². The highest BCUT2D eigenvalue weighted by Crippen LogP contribution is 2.38. The summed E-state index contributed by atoms with van der Waals surface area (Å²) in [6.07, 6.45) is -1.82. The van der Waals surface area contributed by atoms with Crippen LogP contribution in [0.1, 0.15) is 41.0 Å². The first-order valence-corrected chi connectivity index (χ1v) is 8.95. The highest BCUT2D eigenvalue weighted by Gasteiger charge is 2.42. The summed E-state index contributed by atoms with van der Waals surface area (Å²) < 4.78 is 45.1. The van der Waals surface area contributed by atoms with Gasteiger partial charge in [-0.15, -0.1) is 0 Å². The number of halogens is 3. The third-order valence-electron chi connectivity index (χ3n) is 5.56. The lowest BCUT2D eigenvalue weighted by molar-refractivity contribution is -0.169. The topological polar surface area (TPSA) is 58.2 Å². The molecule has 0 aliphatic carbocycles. The Hall–Kier alpha value is -2.35. The predicted molar refractivity (Wildman–Crippen MR) is 92.2 cm³/mol. The molecule has 2 aliphatic rings. The largest absolute Gasteiger partial charge is 0.435 e. The number of alkyl halides is 3. The molecule has 2 aliphatic heterocycles. The van der Waals surface area contributed by atoms with E-state index in [0.29, 0.717) is 29.9 Å². The second-order valence-corrected chi connectivity index (χ2v) is 7.22.